The summed E-state index contributed by atoms with van der Waals surface area (Å²) in [6.07, 6.45) is 0.666. The first kappa shape index (κ1) is 9.54. The fourth-order valence-electron chi connectivity index (χ4n) is 0.791. The third-order valence-electron chi connectivity index (χ3n) is 1.28. The maximum absolute atomic E-state index is 10.4. The van der Waals surface area contributed by atoms with Gasteiger partial charge in [-0.3, -0.25) is 4.79 Å². The number of amides is 1. The predicted octanol–water partition coefficient (Wildman–Crippen LogP) is -4.98. The molecule has 1 unspecified atom stereocenters. The summed E-state index contributed by atoms with van der Waals surface area (Å²) < 4.78 is 0. The summed E-state index contributed by atoms with van der Waals surface area (Å²) in [4.78, 5) is 20.4. The summed E-state index contributed by atoms with van der Waals surface area (Å²) >= 11 is 0. The smallest absolute Gasteiger partial charge is 0.548 e. The van der Waals surface area contributed by atoms with Crippen molar-refractivity contribution in [2.45, 2.75) is 18.9 Å². The average Bonchev–Trinajstić information content (AvgIpc) is 2.14. The molecule has 1 aliphatic rings. The second-order valence-electron chi connectivity index (χ2n) is 1.98. The monoisotopic (exact) mass is 135 g/mol. The molecule has 4 nitrogen and oxygen atoms in total. The zero-order valence-corrected chi connectivity index (χ0v) is 5.72. The zero-order chi connectivity index (χ0) is 6.85. The standard InChI is InChI=1S/C5H7NO3.Li/c7-4-2-1-3(6-4)5(8)9;/h3H,1-2H2,(H,6,7)(H,8,9);/q;+1/p-1. The largest absolute Gasteiger partial charge is 1.00 e. The molecular formula is C5H6LiNO3. The maximum atomic E-state index is 10.4. The van der Waals surface area contributed by atoms with E-state index in [2.05, 4.69) is 5.32 Å². The Bertz CT molecular complexity index is 159. The second-order valence-corrected chi connectivity index (χ2v) is 1.98. The van der Waals surface area contributed by atoms with E-state index in [0.29, 0.717) is 12.8 Å². The van der Waals surface area contributed by atoms with Gasteiger partial charge in [-0.25, -0.2) is 0 Å². The molecular weight excluding hydrogens is 129 g/mol. The molecule has 1 atom stereocenters. The van der Waals surface area contributed by atoms with E-state index in [0.717, 1.165) is 0 Å². The van der Waals surface area contributed by atoms with E-state index in [1.165, 1.54) is 0 Å². The number of hydrogen-bond donors (Lipinski definition) is 1. The van der Waals surface area contributed by atoms with E-state index in [1.807, 2.05) is 0 Å². The molecule has 0 aliphatic carbocycles. The molecule has 0 aromatic heterocycles. The van der Waals surface area contributed by atoms with Crippen molar-refractivity contribution in [3.8, 4) is 0 Å². The SMILES string of the molecule is O=C1CCC(C(=O)[O-])N1.[Li+]. The Hall–Kier alpha value is -0.463. The van der Waals surface area contributed by atoms with Crippen LogP contribution in [0, 0.1) is 0 Å². The average molecular weight is 135 g/mol. The van der Waals surface area contributed by atoms with Gasteiger partial charge in [0.05, 0.1) is 12.0 Å². The van der Waals surface area contributed by atoms with Gasteiger partial charge in [-0.2, -0.15) is 0 Å². The Morgan fingerprint density at radius 2 is 2.30 bits per heavy atom. The number of aliphatic carboxylic acids is 1. The molecule has 0 bridgehead atoms. The molecule has 1 heterocycles. The van der Waals surface area contributed by atoms with Crippen molar-refractivity contribution in [3.63, 3.8) is 0 Å². The van der Waals surface area contributed by atoms with Crippen molar-refractivity contribution in [1.82, 2.24) is 5.32 Å². The summed E-state index contributed by atoms with van der Waals surface area (Å²) in [6, 6.07) is -0.752. The van der Waals surface area contributed by atoms with Gasteiger partial charge in [0, 0.05) is 6.42 Å². The molecule has 1 aliphatic heterocycles. The van der Waals surface area contributed by atoms with Gasteiger partial charge in [-0.1, -0.05) is 0 Å². The summed E-state index contributed by atoms with van der Waals surface area (Å²) in [6.45, 7) is 0. The molecule has 1 saturated heterocycles. The molecule has 50 valence electrons. The van der Waals surface area contributed by atoms with E-state index < -0.39 is 12.0 Å². The maximum Gasteiger partial charge on any atom is 1.00 e. The van der Waals surface area contributed by atoms with Gasteiger partial charge in [-0.05, 0) is 6.42 Å². The minimum Gasteiger partial charge on any atom is -0.548 e. The quantitative estimate of drug-likeness (QED) is 0.366. The minimum absolute atomic E-state index is 0. The van der Waals surface area contributed by atoms with Gasteiger partial charge in [-0.15, -0.1) is 0 Å². The van der Waals surface area contributed by atoms with Crippen molar-refractivity contribution < 1.29 is 33.6 Å². The molecule has 0 aromatic rings. The van der Waals surface area contributed by atoms with Gasteiger partial charge in [0.15, 0.2) is 0 Å². The fraction of sp³-hybridized carbons (Fsp3) is 0.600. The van der Waals surface area contributed by atoms with Gasteiger partial charge >= 0.3 is 18.9 Å². The number of carbonyl (C=O) groups excluding carboxylic acids is 2. The van der Waals surface area contributed by atoms with E-state index >= 15 is 0 Å². The van der Waals surface area contributed by atoms with Crippen molar-refractivity contribution in [2.24, 2.45) is 0 Å². The summed E-state index contributed by atoms with van der Waals surface area (Å²) in [5.74, 6) is -1.40. The first-order chi connectivity index (χ1) is 4.20. The molecule has 10 heavy (non-hydrogen) atoms. The first-order valence-corrected chi connectivity index (χ1v) is 2.70. The van der Waals surface area contributed by atoms with Crippen LogP contribution in [0.5, 0.6) is 0 Å². The zero-order valence-electron chi connectivity index (χ0n) is 5.72. The summed E-state index contributed by atoms with van der Waals surface area (Å²) in [5, 5.41) is 12.3. The van der Waals surface area contributed by atoms with Gasteiger partial charge in [0.1, 0.15) is 0 Å². The van der Waals surface area contributed by atoms with Crippen molar-refractivity contribution in [3.05, 3.63) is 0 Å². The molecule has 1 rings (SSSR count). The van der Waals surface area contributed by atoms with Crippen LogP contribution in [0.2, 0.25) is 0 Å². The third kappa shape index (κ3) is 2.05. The van der Waals surface area contributed by atoms with Crippen LogP contribution in [0.25, 0.3) is 0 Å². The van der Waals surface area contributed by atoms with E-state index in [9.17, 15) is 14.7 Å². The van der Waals surface area contributed by atoms with E-state index in [1.54, 1.807) is 0 Å². The molecule has 1 amide bonds. The van der Waals surface area contributed by atoms with Gasteiger partial charge < -0.3 is 15.2 Å². The summed E-state index contributed by atoms with van der Waals surface area (Å²) in [5.41, 5.74) is 0. The van der Waals surface area contributed by atoms with Crippen LogP contribution in [0.1, 0.15) is 12.8 Å². The van der Waals surface area contributed by atoms with Crippen LogP contribution in [0.3, 0.4) is 0 Å². The molecule has 5 heteroatoms. The van der Waals surface area contributed by atoms with Crippen LogP contribution in [-0.4, -0.2) is 17.9 Å². The number of nitrogens with one attached hydrogen (secondary N) is 1. The number of carboxylic acid groups (broad SMARTS) is 1. The number of rotatable bonds is 1. The Kier molecular flexibility index (Phi) is 3.48. The number of carbonyl (C=O) groups is 2. The Balaban J connectivity index is 0.000000810. The Morgan fingerprint density at radius 1 is 1.70 bits per heavy atom. The Labute approximate surface area is 70.2 Å². The predicted molar refractivity (Wildman–Crippen MR) is 26.2 cm³/mol. The van der Waals surface area contributed by atoms with E-state index in [4.69, 9.17) is 0 Å². The molecule has 0 radical (unpaired) electrons. The topological polar surface area (TPSA) is 69.2 Å². The van der Waals surface area contributed by atoms with Crippen LogP contribution in [-0.2, 0) is 9.59 Å². The van der Waals surface area contributed by atoms with Crippen LogP contribution in [0.15, 0.2) is 0 Å². The van der Waals surface area contributed by atoms with E-state index in [-0.39, 0.29) is 24.8 Å². The van der Waals surface area contributed by atoms with Crippen LogP contribution < -0.4 is 29.3 Å². The molecule has 0 spiro atoms. The summed E-state index contributed by atoms with van der Waals surface area (Å²) in [7, 11) is 0. The minimum atomic E-state index is -1.19. The molecule has 1 fully saturated rings. The second kappa shape index (κ2) is 3.64. The van der Waals surface area contributed by atoms with Crippen molar-refractivity contribution in [1.29, 1.82) is 0 Å². The van der Waals surface area contributed by atoms with Crippen LogP contribution in [0.4, 0.5) is 0 Å². The third-order valence-corrected chi connectivity index (χ3v) is 1.28. The Morgan fingerprint density at radius 3 is 2.50 bits per heavy atom. The number of hydrogen-bond acceptors (Lipinski definition) is 3. The fourth-order valence-corrected chi connectivity index (χ4v) is 0.791. The molecule has 0 aromatic carbocycles. The number of carboxylic acids is 1. The van der Waals surface area contributed by atoms with Gasteiger partial charge in [0.25, 0.3) is 0 Å². The molecule has 1 N–H and O–H groups in total. The van der Waals surface area contributed by atoms with Crippen molar-refractivity contribution in [2.75, 3.05) is 0 Å². The molecule has 0 saturated carbocycles. The normalized spacial score (nSPS) is 23.2. The first-order valence-electron chi connectivity index (χ1n) is 2.70. The van der Waals surface area contributed by atoms with Gasteiger partial charge in [0.2, 0.25) is 5.91 Å². The van der Waals surface area contributed by atoms with Crippen LogP contribution >= 0.6 is 0 Å². The van der Waals surface area contributed by atoms with Crippen molar-refractivity contribution >= 4 is 11.9 Å².